The zero-order valence-corrected chi connectivity index (χ0v) is 22.7. The maximum Gasteiger partial charge on any atom is 0.157 e. The van der Waals surface area contributed by atoms with Crippen molar-refractivity contribution in [2.45, 2.75) is 6.54 Å². The molecule has 0 aliphatic carbocycles. The first-order valence-corrected chi connectivity index (χ1v) is 13.3. The first-order valence-electron chi connectivity index (χ1n) is 13.3. The van der Waals surface area contributed by atoms with Crippen LogP contribution in [0, 0.1) is 0 Å². The summed E-state index contributed by atoms with van der Waals surface area (Å²) in [6, 6.07) is 30.8. The van der Waals surface area contributed by atoms with Crippen molar-refractivity contribution in [1.82, 2.24) is 0 Å². The van der Waals surface area contributed by atoms with E-state index in [0.29, 0.717) is 34.9 Å². The fourth-order valence-electron chi connectivity index (χ4n) is 5.14. The van der Waals surface area contributed by atoms with Gasteiger partial charge in [-0.1, -0.05) is 95.9 Å². The minimum absolute atomic E-state index is 0.164. The fourth-order valence-corrected chi connectivity index (χ4v) is 5.14. The Kier molecular flexibility index (Phi) is 7.42. The number of furan rings is 1. The Bertz CT molecular complexity index is 1990. The van der Waals surface area contributed by atoms with Gasteiger partial charge in [-0.3, -0.25) is 4.99 Å². The number of hydrogen-bond acceptors (Lipinski definition) is 2. The van der Waals surface area contributed by atoms with Gasteiger partial charge in [0.15, 0.2) is 5.84 Å². The van der Waals surface area contributed by atoms with Crippen LogP contribution in [0.15, 0.2) is 111 Å². The Labute approximate surface area is 251 Å². The molecule has 188 valence electrons. The number of nitrogens with zero attached hydrogens (tertiary/aromatic N) is 2. The van der Waals surface area contributed by atoms with Crippen LogP contribution in [-0.4, -0.2) is 50.9 Å². The molecule has 0 fully saturated rings. The van der Waals surface area contributed by atoms with Crippen LogP contribution in [-0.2, 0) is 6.54 Å². The normalized spacial score (nSPS) is 12.3. The van der Waals surface area contributed by atoms with Crippen LogP contribution in [0.25, 0.3) is 33.1 Å². The molecule has 42 heavy (non-hydrogen) atoms. The predicted octanol–water partition coefficient (Wildman–Crippen LogP) is 1.57. The minimum Gasteiger partial charge on any atom is -0.456 e. The number of rotatable bonds is 5. The van der Waals surface area contributed by atoms with Crippen molar-refractivity contribution in [3.05, 3.63) is 114 Å². The van der Waals surface area contributed by atoms with Crippen molar-refractivity contribution in [2.75, 3.05) is 0 Å². The van der Waals surface area contributed by atoms with E-state index in [-0.39, 0.29) is 27.3 Å². The van der Waals surface area contributed by atoms with Crippen LogP contribution in [0.2, 0.25) is 0 Å². The molecule has 0 aliphatic heterocycles. The predicted molar refractivity (Wildman–Crippen MR) is 180 cm³/mol. The third kappa shape index (κ3) is 4.90. The summed E-state index contributed by atoms with van der Waals surface area (Å²) in [4.78, 5) is 9.67. The number of aliphatic imine (C=N–C) groups is 2. The number of fused-ring (bicyclic) bond motifs is 3. The van der Waals surface area contributed by atoms with Gasteiger partial charge < -0.3 is 10.2 Å². The molecule has 10 radical (unpaired) electrons. The van der Waals surface area contributed by atoms with Crippen LogP contribution < -0.4 is 33.0 Å². The molecule has 5 aromatic carbocycles. The molecule has 0 aliphatic rings. The van der Waals surface area contributed by atoms with Crippen molar-refractivity contribution < 1.29 is 4.42 Å². The van der Waals surface area contributed by atoms with E-state index in [4.69, 9.17) is 59.4 Å². The van der Waals surface area contributed by atoms with Crippen molar-refractivity contribution in [2.24, 2.45) is 15.7 Å². The summed E-state index contributed by atoms with van der Waals surface area (Å²) in [5.74, 6) is 0.881. The lowest BCUT2D eigenvalue weighted by Crippen LogP contribution is -2.55. The second-order valence-electron chi connectivity index (χ2n) is 9.88. The monoisotopic (exact) mass is 529 g/mol. The third-order valence-electron chi connectivity index (χ3n) is 7.30. The molecule has 0 amide bonds. The van der Waals surface area contributed by atoms with Gasteiger partial charge in [0.2, 0.25) is 0 Å². The summed E-state index contributed by atoms with van der Waals surface area (Å²) in [6.07, 6.45) is 0. The standard InChI is InChI=1S/C33H20B5N3O/c34-27-26(28(35)30(37)31(38)29(27)36)21-14-8-16-23-25(21)24-20(13-7-15-22(24)42-23)17-40-33(19-11-5-2-6-12-19)41-32(39)18-9-3-1-4-10-18/h1-16H,17H2,(H2,39,40,41). The summed E-state index contributed by atoms with van der Waals surface area (Å²) < 4.78 is 6.27. The minimum atomic E-state index is 0.164. The lowest BCUT2D eigenvalue weighted by molar-refractivity contribution is 0.668. The molecule has 6 aromatic rings. The largest absolute Gasteiger partial charge is 0.456 e. The Balaban J connectivity index is 1.54. The molecule has 1 aromatic heterocycles. The Morgan fingerprint density at radius 1 is 0.595 bits per heavy atom. The second-order valence-corrected chi connectivity index (χ2v) is 9.88. The first kappa shape index (κ1) is 27.5. The van der Waals surface area contributed by atoms with E-state index in [1.807, 2.05) is 97.1 Å². The van der Waals surface area contributed by atoms with Crippen molar-refractivity contribution >= 4 is 100 Å². The molecule has 0 unspecified atom stereocenters. The molecule has 0 bridgehead atoms. The van der Waals surface area contributed by atoms with Gasteiger partial charge in [-0.2, -0.15) is 0 Å². The maximum atomic E-state index is 6.46. The summed E-state index contributed by atoms with van der Waals surface area (Å²) in [5, 5.41) is 1.68. The average Bonchev–Trinajstić information content (AvgIpc) is 3.42. The van der Waals surface area contributed by atoms with E-state index in [1.54, 1.807) is 0 Å². The zero-order chi connectivity index (χ0) is 29.4. The van der Waals surface area contributed by atoms with Crippen LogP contribution in [0.1, 0.15) is 16.7 Å². The molecule has 6 rings (SSSR count). The summed E-state index contributed by atoms with van der Waals surface area (Å²) in [7, 11) is 31.4. The van der Waals surface area contributed by atoms with Gasteiger partial charge >= 0.3 is 0 Å². The first-order chi connectivity index (χ1) is 20.3. The van der Waals surface area contributed by atoms with Gasteiger partial charge in [-0.05, 0) is 28.8 Å². The van der Waals surface area contributed by atoms with Crippen molar-refractivity contribution in [3.63, 3.8) is 0 Å². The third-order valence-corrected chi connectivity index (χ3v) is 7.30. The number of amidine groups is 2. The van der Waals surface area contributed by atoms with E-state index >= 15 is 0 Å². The zero-order valence-electron chi connectivity index (χ0n) is 22.7. The van der Waals surface area contributed by atoms with E-state index in [9.17, 15) is 0 Å². The molecule has 0 saturated heterocycles. The van der Waals surface area contributed by atoms with E-state index in [1.165, 1.54) is 0 Å². The summed E-state index contributed by atoms with van der Waals surface area (Å²) in [5.41, 5.74) is 12.6. The highest BCUT2D eigenvalue weighted by Gasteiger charge is 2.19. The lowest BCUT2D eigenvalue weighted by Gasteiger charge is -2.21. The fraction of sp³-hybridized carbons (Fsp3) is 0.0303. The maximum absolute atomic E-state index is 6.46. The van der Waals surface area contributed by atoms with Gasteiger partial charge in [0.05, 0.1) is 6.54 Å². The molecular weight excluding hydrogens is 508 g/mol. The Hall–Kier alpha value is -4.64. The van der Waals surface area contributed by atoms with E-state index < -0.39 is 0 Å². The number of hydrogen-bond donors (Lipinski definition) is 1. The summed E-state index contributed by atoms with van der Waals surface area (Å²) in [6.45, 7) is 0.299. The molecule has 0 saturated carbocycles. The van der Waals surface area contributed by atoms with E-state index in [2.05, 4.69) is 0 Å². The van der Waals surface area contributed by atoms with Gasteiger partial charge in [0, 0.05) is 21.9 Å². The highest BCUT2D eigenvalue weighted by molar-refractivity contribution is 6.68. The molecule has 4 nitrogen and oxygen atoms in total. The molecule has 0 atom stereocenters. The highest BCUT2D eigenvalue weighted by Crippen LogP contribution is 2.37. The van der Waals surface area contributed by atoms with E-state index in [0.717, 1.165) is 33.0 Å². The highest BCUT2D eigenvalue weighted by atomic mass is 16.3. The summed E-state index contributed by atoms with van der Waals surface area (Å²) >= 11 is 0. The quantitative estimate of drug-likeness (QED) is 0.210. The Morgan fingerprint density at radius 2 is 1.14 bits per heavy atom. The van der Waals surface area contributed by atoms with Crippen molar-refractivity contribution in [1.29, 1.82) is 0 Å². The van der Waals surface area contributed by atoms with Gasteiger partial charge in [0.25, 0.3) is 0 Å². The second kappa shape index (κ2) is 11.3. The van der Waals surface area contributed by atoms with Crippen LogP contribution in [0.5, 0.6) is 0 Å². The van der Waals surface area contributed by atoms with Crippen LogP contribution >= 0.6 is 0 Å². The SMILES string of the molecule is [B]c1c([B])c([B])c(-c2cccc3oc4cccc(CN=C(N=C(N)c5ccccc5)c5ccccc5)c4c23)c([B])c1[B]. The molecule has 2 N–H and O–H groups in total. The van der Waals surface area contributed by atoms with Gasteiger partial charge in [0.1, 0.15) is 56.2 Å². The molecule has 1 heterocycles. The number of benzene rings is 5. The van der Waals surface area contributed by atoms with Crippen LogP contribution in [0.3, 0.4) is 0 Å². The smallest absolute Gasteiger partial charge is 0.157 e. The Morgan fingerprint density at radius 3 is 1.79 bits per heavy atom. The molecule has 0 spiro atoms. The van der Waals surface area contributed by atoms with Gasteiger partial charge in [-0.15, -0.1) is 16.4 Å². The number of nitrogens with two attached hydrogens (primary N) is 1. The lowest BCUT2D eigenvalue weighted by atomic mass is 9.59. The van der Waals surface area contributed by atoms with Crippen molar-refractivity contribution in [3.8, 4) is 11.1 Å². The molecular formula is C33H20B5N3O. The topological polar surface area (TPSA) is 63.9 Å². The van der Waals surface area contributed by atoms with Gasteiger partial charge in [-0.25, -0.2) is 4.99 Å². The average molecular weight is 529 g/mol. The molecule has 9 heteroatoms. The van der Waals surface area contributed by atoms with Crippen LogP contribution in [0.4, 0.5) is 0 Å².